The summed E-state index contributed by atoms with van der Waals surface area (Å²) in [5.41, 5.74) is 2.07. The zero-order valence-corrected chi connectivity index (χ0v) is 16.7. The Morgan fingerprint density at radius 3 is 2.67 bits per heavy atom. The van der Waals surface area contributed by atoms with Crippen molar-refractivity contribution in [1.82, 2.24) is 4.31 Å². The van der Waals surface area contributed by atoms with E-state index in [4.69, 9.17) is 0 Å². The maximum Gasteiger partial charge on any atom is 0.214 e. The Morgan fingerprint density at radius 2 is 1.85 bits per heavy atom. The molecule has 0 N–H and O–H groups in total. The summed E-state index contributed by atoms with van der Waals surface area (Å²) in [4.78, 5) is 0. The average molecular weight is 406 g/mol. The second-order valence-electron chi connectivity index (χ2n) is 7.45. The zero-order chi connectivity index (χ0) is 19.1. The molecule has 4 rings (SSSR count). The minimum atomic E-state index is -3.49. The Kier molecular flexibility index (Phi) is 4.86. The van der Waals surface area contributed by atoms with Crippen LogP contribution in [0.3, 0.4) is 0 Å². The van der Waals surface area contributed by atoms with E-state index in [2.05, 4.69) is 6.07 Å². The lowest BCUT2D eigenvalue weighted by atomic mass is 9.99. The van der Waals surface area contributed by atoms with E-state index in [0.29, 0.717) is 25.9 Å². The lowest BCUT2D eigenvalue weighted by Crippen LogP contribution is -2.37. The molecule has 0 aliphatic carbocycles. The molecule has 2 aromatic rings. The number of fused-ring (bicyclic) bond motifs is 1. The van der Waals surface area contributed by atoms with Crippen molar-refractivity contribution in [3.63, 3.8) is 0 Å². The van der Waals surface area contributed by atoms with Gasteiger partial charge in [0, 0.05) is 13.1 Å². The summed E-state index contributed by atoms with van der Waals surface area (Å²) in [6, 6.07) is 14.1. The second-order valence-corrected chi connectivity index (χ2v) is 11.7. The van der Waals surface area contributed by atoms with Gasteiger partial charge in [0.1, 0.15) is 0 Å². The minimum Gasteiger partial charge on any atom is -0.229 e. The van der Waals surface area contributed by atoms with E-state index in [1.807, 2.05) is 42.5 Å². The Morgan fingerprint density at radius 1 is 1.07 bits per heavy atom. The van der Waals surface area contributed by atoms with Crippen molar-refractivity contribution in [1.29, 1.82) is 0 Å². The first-order chi connectivity index (χ1) is 12.8. The van der Waals surface area contributed by atoms with Crippen LogP contribution in [0, 0.1) is 5.92 Å². The molecule has 2 aliphatic heterocycles. The maximum absolute atomic E-state index is 12.9. The van der Waals surface area contributed by atoms with Gasteiger partial charge in [-0.05, 0) is 40.7 Å². The van der Waals surface area contributed by atoms with Crippen LogP contribution in [0.2, 0.25) is 0 Å². The van der Waals surface area contributed by atoms with Gasteiger partial charge in [-0.25, -0.2) is 16.8 Å². The normalized spacial score (nSPS) is 23.4. The molecule has 0 bridgehead atoms. The van der Waals surface area contributed by atoms with Crippen molar-refractivity contribution < 1.29 is 16.8 Å². The van der Waals surface area contributed by atoms with Crippen LogP contribution in [0.4, 0.5) is 0 Å². The van der Waals surface area contributed by atoms with Gasteiger partial charge in [0.05, 0.1) is 17.3 Å². The van der Waals surface area contributed by atoms with Crippen molar-refractivity contribution in [2.45, 2.75) is 12.8 Å². The van der Waals surface area contributed by atoms with Gasteiger partial charge in [0.25, 0.3) is 0 Å². The highest BCUT2D eigenvalue weighted by Crippen LogP contribution is 2.30. The van der Waals surface area contributed by atoms with E-state index >= 15 is 0 Å². The largest absolute Gasteiger partial charge is 0.229 e. The van der Waals surface area contributed by atoms with Crippen LogP contribution >= 0.6 is 0 Å². The average Bonchev–Trinajstić information content (AvgIpc) is 3.11. The quantitative estimate of drug-likeness (QED) is 0.784. The van der Waals surface area contributed by atoms with Gasteiger partial charge in [-0.2, -0.15) is 4.31 Å². The Bertz CT molecular complexity index is 1100. The molecular weight excluding hydrogens is 382 g/mol. The number of benzene rings is 2. The molecule has 1 saturated heterocycles. The van der Waals surface area contributed by atoms with E-state index < -0.39 is 19.9 Å². The van der Waals surface area contributed by atoms with Crippen LogP contribution in [0.5, 0.6) is 0 Å². The molecule has 1 unspecified atom stereocenters. The van der Waals surface area contributed by atoms with Crippen molar-refractivity contribution in [2.75, 3.05) is 30.3 Å². The van der Waals surface area contributed by atoms with Crippen LogP contribution < -0.4 is 0 Å². The fraction of sp³-hybridized carbons (Fsp3) is 0.400. The van der Waals surface area contributed by atoms with Crippen molar-refractivity contribution in [3.8, 4) is 0 Å². The molecule has 5 nitrogen and oxygen atoms in total. The number of rotatable bonds is 4. The molecule has 1 fully saturated rings. The third kappa shape index (κ3) is 3.95. The molecule has 0 saturated carbocycles. The third-order valence-corrected chi connectivity index (χ3v) is 9.27. The van der Waals surface area contributed by atoms with Crippen molar-refractivity contribution >= 4 is 36.2 Å². The third-order valence-electron chi connectivity index (χ3n) is 5.42. The molecule has 2 heterocycles. The SMILES string of the molecule is O=S1(=O)CCCC(CS(=O)(=O)N2CC=C(c3cccc4ccccc34)C2)C1. The van der Waals surface area contributed by atoms with Crippen LogP contribution in [-0.4, -0.2) is 51.5 Å². The predicted octanol–water partition coefficient (Wildman–Crippen LogP) is 2.69. The highest BCUT2D eigenvalue weighted by atomic mass is 32.2. The number of sulfone groups is 1. The summed E-state index contributed by atoms with van der Waals surface area (Å²) < 4.78 is 50.8. The standard InChI is InChI=1S/C20H23NO4S2/c22-26(23)12-4-5-16(14-26)15-27(24,25)21-11-10-18(13-21)20-9-3-7-17-6-1-2-8-19(17)20/h1-3,6-10,16H,4-5,11-15H2. The van der Waals surface area contributed by atoms with Gasteiger partial charge in [0.2, 0.25) is 10.0 Å². The molecular formula is C20H23NO4S2. The topological polar surface area (TPSA) is 71.5 Å². The van der Waals surface area contributed by atoms with Gasteiger partial charge >= 0.3 is 0 Å². The number of nitrogens with zero attached hydrogens (tertiary/aromatic N) is 1. The molecule has 0 aromatic heterocycles. The summed E-state index contributed by atoms with van der Waals surface area (Å²) >= 11 is 0. The van der Waals surface area contributed by atoms with Gasteiger partial charge in [-0.3, -0.25) is 0 Å². The fourth-order valence-corrected chi connectivity index (χ4v) is 7.75. The smallest absolute Gasteiger partial charge is 0.214 e. The van der Waals surface area contributed by atoms with E-state index in [0.717, 1.165) is 21.9 Å². The molecule has 2 aromatic carbocycles. The molecule has 1 atom stereocenters. The first-order valence-electron chi connectivity index (χ1n) is 9.19. The molecule has 0 amide bonds. The summed E-state index contributed by atoms with van der Waals surface area (Å²) in [6.07, 6.45) is 3.19. The van der Waals surface area contributed by atoms with Crippen molar-refractivity contribution in [2.24, 2.45) is 5.92 Å². The first-order valence-corrected chi connectivity index (χ1v) is 12.6. The van der Waals surface area contributed by atoms with E-state index in [9.17, 15) is 16.8 Å². The summed E-state index contributed by atoms with van der Waals surface area (Å²) in [7, 11) is -6.59. The summed E-state index contributed by atoms with van der Waals surface area (Å²) in [5.74, 6) is -0.206. The van der Waals surface area contributed by atoms with E-state index in [1.165, 1.54) is 4.31 Å². The van der Waals surface area contributed by atoms with E-state index in [1.54, 1.807) is 0 Å². The van der Waals surface area contributed by atoms with Crippen LogP contribution in [0.15, 0.2) is 48.5 Å². The molecule has 2 aliphatic rings. The molecule has 0 spiro atoms. The highest BCUT2D eigenvalue weighted by molar-refractivity contribution is 7.91. The maximum atomic E-state index is 12.9. The monoisotopic (exact) mass is 405 g/mol. The summed E-state index contributed by atoms with van der Waals surface area (Å²) in [6.45, 7) is 0.691. The Hall–Kier alpha value is -1.70. The van der Waals surface area contributed by atoms with Gasteiger partial charge < -0.3 is 0 Å². The summed E-state index contributed by atoms with van der Waals surface area (Å²) in [5, 5.41) is 2.24. The van der Waals surface area contributed by atoms with E-state index in [-0.39, 0.29) is 23.2 Å². The molecule has 144 valence electrons. The Balaban J connectivity index is 1.51. The molecule has 0 radical (unpaired) electrons. The lowest BCUT2D eigenvalue weighted by Gasteiger charge is -2.24. The van der Waals surface area contributed by atoms with Crippen molar-refractivity contribution in [3.05, 3.63) is 54.1 Å². The number of hydrogen-bond acceptors (Lipinski definition) is 4. The minimum absolute atomic E-state index is 0.0102. The zero-order valence-electron chi connectivity index (χ0n) is 15.0. The Labute approximate surface area is 160 Å². The van der Waals surface area contributed by atoms with Gasteiger partial charge in [-0.15, -0.1) is 0 Å². The first kappa shape index (κ1) is 18.7. The lowest BCUT2D eigenvalue weighted by molar-refractivity contribution is 0.464. The predicted molar refractivity (Wildman–Crippen MR) is 109 cm³/mol. The molecule has 27 heavy (non-hydrogen) atoms. The van der Waals surface area contributed by atoms with Gasteiger partial charge in [-0.1, -0.05) is 48.5 Å². The number of hydrogen-bond donors (Lipinski definition) is 0. The van der Waals surface area contributed by atoms with Crippen LogP contribution in [0.1, 0.15) is 18.4 Å². The molecule has 7 heteroatoms. The number of sulfonamides is 1. The highest BCUT2D eigenvalue weighted by Gasteiger charge is 2.33. The van der Waals surface area contributed by atoms with Crippen LogP contribution in [0.25, 0.3) is 16.3 Å². The van der Waals surface area contributed by atoms with Gasteiger partial charge in [0.15, 0.2) is 9.84 Å². The fourth-order valence-electron chi connectivity index (χ4n) is 4.10. The second kappa shape index (κ2) is 7.04. The van der Waals surface area contributed by atoms with Crippen LogP contribution in [-0.2, 0) is 19.9 Å².